The van der Waals surface area contributed by atoms with Gasteiger partial charge in [-0.2, -0.15) is 10.4 Å². The molecule has 0 atom stereocenters. The molecule has 2 rings (SSSR count). The smallest absolute Gasteiger partial charge is 0.258 e. The Kier molecular flexibility index (Phi) is 3.78. The normalized spacial score (nSPS) is 9.68. The summed E-state index contributed by atoms with van der Waals surface area (Å²) in [4.78, 5) is 11.8. The van der Waals surface area contributed by atoms with E-state index in [1.807, 2.05) is 6.07 Å². The highest BCUT2D eigenvalue weighted by molar-refractivity contribution is 6.03. The van der Waals surface area contributed by atoms with Crippen molar-refractivity contribution < 1.29 is 9.53 Å². The molecule has 0 saturated heterocycles. The molecule has 1 aromatic carbocycles. The van der Waals surface area contributed by atoms with Gasteiger partial charge in [-0.3, -0.25) is 9.48 Å². The van der Waals surface area contributed by atoms with Crippen LogP contribution in [0.2, 0.25) is 0 Å². The molecule has 0 bridgehead atoms. The Morgan fingerprint density at radius 1 is 1.47 bits per heavy atom. The Hall–Kier alpha value is -2.81. The number of aromatic nitrogens is 2. The minimum atomic E-state index is -0.223. The molecule has 2 aromatic rings. The maximum absolute atomic E-state index is 11.8. The SMILES string of the molecule is Cn1cc(C(=O)Nc2ccc(OCC#N)cc2)cn1. The van der Waals surface area contributed by atoms with E-state index in [-0.39, 0.29) is 12.5 Å². The van der Waals surface area contributed by atoms with E-state index in [2.05, 4.69) is 10.4 Å². The first-order valence-electron chi connectivity index (χ1n) is 5.59. The number of hydrogen-bond acceptors (Lipinski definition) is 4. The van der Waals surface area contributed by atoms with Crippen molar-refractivity contribution >= 4 is 11.6 Å². The van der Waals surface area contributed by atoms with Crippen LogP contribution in [0.5, 0.6) is 5.75 Å². The summed E-state index contributed by atoms with van der Waals surface area (Å²) in [6, 6.07) is 8.69. The van der Waals surface area contributed by atoms with E-state index in [1.54, 1.807) is 42.2 Å². The first-order valence-corrected chi connectivity index (χ1v) is 5.59. The maximum Gasteiger partial charge on any atom is 0.258 e. The Labute approximate surface area is 110 Å². The van der Waals surface area contributed by atoms with E-state index in [4.69, 9.17) is 10.00 Å². The fourth-order valence-electron chi connectivity index (χ4n) is 1.49. The molecule has 1 heterocycles. The van der Waals surface area contributed by atoms with Crippen LogP contribution in [0.1, 0.15) is 10.4 Å². The summed E-state index contributed by atoms with van der Waals surface area (Å²) in [6.07, 6.45) is 3.14. The zero-order valence-corrected chi connectivity index (χ0v) is 10.3. The topological polar surface area (TPSA) is 79.9 Å². The molecule has 1 N–H and O–H groups in total. The van der Waals surface area contributed by atoms with Crippen molar-refractivity contribution in [2.45, 2.75) is 0 Å². The molecule has 0 saturated carbocycles. The Bertz CT molecular complexity index is 610. The first-order chi connectivity index (χ1) is 9.19. The van der Waals surface area contributed by atoms with Gasteiger partial charge in [0.2, 0.25) is 0 Å². The molecule has 96 valence electrons. The number of rotatable bonds is 4. The zero-order chi connectivity index (χ0) is 13.7. The molecule has 0 aliphatic carbocycles. The minimum absolute atomic E-state index is 0.00138. The second kappa shape index (κ2) is 5.69. The number of nitriles is 1. The highest BCUT2D eigenvalue weighted by atomic mass is 16.5. The van der Waals surface area contributed by atoms with Gasteiger partial charge in [0.15, 0.2) is 6.61 Å². The van der Waals surface area contributed by atoms with Gasteiger partial charge in [-0.1, -0.05) is 0 Å². The van der Waals surface area contributed by atoms with Crippen molar-refractivity contribution in [3.8, 4) is 11.8 Å². The molecule has 0 unspecified atom stereocenters. The number of benzene rings is 1. The van der Waals surface area contributed by atoms with Gasteiger partial charge in [0.05, 0.1) is 11.8 Å². The van der Waals surface area contributed by atoms with E-state index >= 15 is 0 Å². The molecule has 0 fully saturated rings. The number of anilines is 1. The third-order valence-corrected chi connectivity index (χ3v) is 2.38. The van der Waals surface area contributed by atoms with Crippen LogP contribution in [0, 0.1) is 11.3 Å². The van der Waals surface area contributed by atoms with Crippen LogP contribution < -0.4 is 10.1 Å². The molecule has 0 aliphatic heterocycles. The molecule has 6 heteroatoms. The second-order valence-corrected chi connectivity index (χ2v) is 3.83. The largest absolute Gasteiger partial charge is 0.479 e. The number of hydrogen-bond donors (Lipinski definition) is 1. The lowest BCUT2D eigenvalue weighted by atomic mass is 10.2. The summed E-state index contributed by atoms with van der Waals surface area (Å²) in [5, 5.41) is 15.1. The van der Waals surface area contributed by atoms with E-state index in [0.29, 0.717) is 17.0 Å². The van der Waals surface area contributed by atoms with E-state index in [0.717, 1.165) is 0 Å². The van der Waals surface area contributed by atoms with Gasteiger partial charge in [-0.15, -0.1) is 0 Å². The van der Waals surface area contributed by atoms with Crippen molar-refractivity contribution in [3.63, 3.8) is 0 Å². The Balaban J connectivity index is 2.00. The molecule has 19 heavy (non-hydrogen) atoms. The lowest BCUT2D eigenvalue weighted by Crippen LogP contribution is -2.10. The van der Waals surface area contributed by atoms with Gasteiger partial charge in [-0.25, -0.2) is 0 Å². The number of nitrogens with one attached hydrogen (secondary N) is 1. The van der Waals surface area contributed by atoms with Crippen LogP contribution in [0.15, 0.2) is 36.7 Å². The highest BCUT2D eigenvalue weighted by Crippen LogP contribution is 2.16. The van der Waals surface area contributed by atoms with Crippen molar-refractivity contribution in [3.05, 3.63) is 42.2 Å². The average Bonchev–Trinajstić information content (AvgIpc) is 2.85. The number of nitrogens with zero attached hydrogens (tertiary/aromatic N) is 3. The Morgan fingerprint density at radius 3 is 2.79 bits per heavy atom. The molecule has 1 aromatic heterocycles. The molecule has 6 nitrogen and oxygen atoms in total. The van der Waals surface area contributed by atoms with Gasteiger partial charge < -0.3 is 10.1 Å². The third-order valence-electron chi connectivity index (χ3n) is 2.38. The van der Waals surface area contributed by atoms with Crippen molar-refractivity contribution in [2.75, 3.05) is 11.9 Å². The van der Waals surface area contributed by atoms with Crippen LogP contribution in [-0.4, -0.2) is 22.3 Å². The number of ether oxygens (including phenoxy) is 1. The van der Waals surface area contributed by atoms with Crippen molar-refractivity contribution in [2.24, 2.45) is 7.05 Å². The third kappa shape index (κ3) is 3.33. The van der Waals surface area contributed by atoms with E-state index in [9.17, 15) is 4.79 Å². The van der Waals surface area contributed by atoms with Crippen LogP contribution in [-0.2, 0) is 7.05 Å². The number of amides is 1. The zero-order valence-electron chi connectivity index (χ0n) is 10.3. The summed E-state index contributed by atoms with van der Waals surface area (Å²) in [5.74, 6) is 0.361. The quantitative estimate of drug-likeness (QED) is 0.900. The van der Waals surface area contributed by atoms with Gasteiger partial charge >= 0.3 is 0 Å². The fourth-order valence-corrected chi connectivity index (χ4v) is 1.49. The average molecular weight is 256 g/mol. The van der Waals surface area contributed by atoms with Crippen LogP contribution in [0.25, 0.3) is 0 Å². The predicted molar refractivity (Wildman–Crippen MR) is 68.7 cm³/mol. The van der Waals surface area contributed by atoms with Crippen LogP contribution in [0.3, 0.4) is 0 Å². The highest BCUT2D eigenvalue weighted by Gasteiger charge is 2.07. The van der Waals surface area contributed by atoms with Crippen molar-refractivity contribution in [1.82, 2.24) is 9.78 Å². The lowest BCUT2D eigenvalue weighted by molar-refractivity contribution is 0.102. The summed E-state index contributed by atoms with van der Waals surface area (Å²) >= 11 is 0. The number of carbonyl (C=O) groups is 1. The molecule has 0 spiro atoms. The monoisotopic (exact) mass is 256 g/mol. The Morgan fingerprint density at radius 2 is 2.21 bits per heavy atom. The van der Waals surface area contributed by atoms with E-state index in [1.165, 1.54) is 6.20 Å². The van der Waals surface area contributed by atoms with E-state index < -0.39 is 0 Å². The fraction of sp³-hybridized carbons (Fsp3) is 0.154. The van der Waals surface area contributed by atoms with Gasteiger partial charge in [0.1, 0.15) is 11.8 Å². The first kappa shape index (κ1) is 12.6. The molecular formula is C13H12N4O2. The lowest BCUT2D eigenvalue weighted by Gasteiger charge is -2.05. The molecule has 0 radical (unpaired) electrons. The number of carbonyl (C=O) groups excluding carboxylic acids is 1. The van der Waals surface area contributed by atoms with Crippen LogP contribution in [0.4, 0.5) is 5.69 Å². The van der Waals surface area contributed by atoms with Gasteiger partial charge in [0.25, 0.3) is 5.91 Å². The maximum atomic E-state index is 11.8. The van der Waals surface area contributed by atoms with Crippen molar-refractivity contribution in [1.29, 1.82) is 5.26 Å². The van der Waals surface area contributed by atoms with Gasteiger partial charge in [-0.05, 0) is 24.3 Å². The summed E-state index contributed by atoms with van der Waals surface area (Å²) < 4.78 is 6.68. The summed E-state index contributed by atoms with van der Waals surface area (Å²) in [6.45, 7) is 0.00138. The molecule has 0 aliphatic rings. The summed E-state index contributed by atoms with van der Waals surface area (Å²) in [7, 11) is 1.75. The number of aryl methyl sites for hydroxylation is 1. The predicted octanol–water partition coefficient (Wildman–Crippen LogP) is 1.57. The minimum Gasteiger partial charge on any atom is -0.479 e. The molecule has 1 amide bonds. The second-order valence-electron chi connectivity index (χ2n) is 3.83. The summed E-state index contributed by atoms with van der Waals surface area (Å²) in [5.41, 5.74) is 1.14. The molecular weight excluding hydrogens is 244 g/mol. The van der Waals surface area contributed by atoms with Gasteiger partial charge in [0, 0.05) is 18.9 Å². The van der Waals surface area contributed by atoms with Crippen LogP contribution >= 0.6 is 0 Å². The standard InChI is InChI=1S/C13H12N4O2/c1-17-9-10(8-15-17)13(18)16-11-2-4-12(5-3-11)19-7-6-14/h2-5,8-9H,7H2,1H3,(H,16,18).